The van der Waals surface area contributed by atoms with Crippen molar-refractivity contribution in [3.05, 3.63) is 59.8 Å². The Morgan fingerprint density at radius 3 is 2.33 bits per heavy atom. The summed E-state index contributed by atoms with van der Waals surface area (Å²) in [4.78, 5) is 11.8. The zero-order chi connectivity index (χ0) is 17.3. The van der Waals surface area contributed by atoms with Crippen molar-refractivity contribution < 1.29 is 13.2 Å². The van der Waals surface area contributed by atoms with Crippen LogP contribution in [0.25, 0.3) is 11.4 Å². The van der Waals surface area contributed by atoms with Gasteiger partial charge in [-0.25, -0.2) is 9.97 Å². The topological polar surface area (TPSA) is 69.6 Å². The van der Waals surface area contributed by atoms with E-state index in [4.69, 9.17) is 5.73 Å². The first kappa shape index (κ1) is 16.0. The number of alkyl halides is 3. The van der Waals surface area contributed by atoms with Crippen molar-refractivity contribution in [2.75, 3.05) is 5.73 Å². The molecule has 0 bridgehead atoms. The molecule has 0 radical (unpaired) electrons. The number of hydrogen-bond donors (Lipinski definition) is 1. The van der Waals surface area contributed by atoms with Crippen molar-refractivity contribution in [2.24, 2.45) is 7.05 Å². The molecule has 8 heteroatoms. The van der Waals surface area contributed by atoms with Crippen LogP contribution in [0, 0.1) is 0 Å². The molecule has 5 nitrogen and oxygen atoms in total. The van der Waals surface area contributed by atoms with Crippen LogP contribution in [-0.2, 0) is 19.6 Å². The first-order valence-electron chi connectivity index (χ1n) is 7.10. The van der Waals surface area contributed by atoms with Crippen LogP contribution in [0.4, 0.5) is 19.0 Å². The molecule has 0 saturated heterocycles. The normalized spacial score (nSPS) is 11.7. The molecule has 0 amide bonds. The molecule has 1 aromatic carbocycles. The minimum atomic E-state index is -4.46. The zero-order valence-corrected chi connectivity index (χ0v) is 12.7. The van der Waals surface area contributed by atoms with Gasteiger partial charge in [-0.05, 0) is 5.56 Å². The number of aryl methyl sites for hydroxylation is 1. The highest BCUT2D eigenvalue weighted by Crippen LogP contribution is 2.30. The average molecular weight is 333 g/mol. The molecule has 2 heterocycles. The average Bonchev–Trinajstić information content (AvgIpc) is 2.93. The Balaban J connectivity index is 1.85. The summed E-state index contributed by atoms with van der Waals surface area (Å²) >= 11 is 0. The van der Waals surface area contributed by atoms with E-state index in [1.807, 2.05) is 12.1 Å². The molecule has 0 atom stereocenters. The van der Waals surface area contributed by atoms with Gasteiger partial charge in [-0.3, -0.25) is 4.98 Å². The maximum Gasteiger partial charge on any atom is 0.434 e. The molecular formula is C16H14F3N5. The van der Waals surface area contributed by atoms with Gasteiger partial charge in [-0.2, -0.15) is 13.2 Å². The van der Waals surface area contributed by atoms with Crippen LogP contribution in [0.2, 0.25) is 0 Å². The van der Waals surface area contributed by atoms with Crippen molar-refractivity contribution in [2.45, 2.75) is 12.6 Å². The summed E-state index contributed by atoms with van der Waals surface area (Å²) in [6.45, 7) is 0. The number of anilines is 1. The van der Waals surface area contributed by atoms with E-state index in [1.54, 1.807) is 18.3 Å². The van der Waals surface area contributed by atoms with Gasteiger partial charge in [0.2, 0.25) is 0 Å². The summed E-state index contributed by atoms with van der Waals surface area (Å²) < 4.78 is 39.6. The van der Waals surface area contributed by atoms with Crippen LogP contribution in [0.5, 0.6) is 0 Å². The lowest BCUT2D eigenvalue weighted by atomic mass is 10.1. The van der Waals surface area contributed by atoms with E-state index in [0.717, 1.165) is 11.8 Å². The molecule has 124 valence electrons. The number of nitrogens with two attached hydrogens (primary N) is 1. The minimum Gasteiger partial charge on any atom is -0.382 e. The number of rotatable bonds is 3. The third-order valence-corrected chi connectivity index (χ3v) is 3.56. The zero-order valence-electron chi connectivity index (χ0n) is 12.7. The Morgan fingerprint density at radius 2 is 1.75 bits per heavy atom. The molecule has 0 aliphatic carbocycles. The molecule has 0 spiro atoms. The van der Waals surface area contributed by atoms with E-state index in [-0.39, 0.29) is 5.82 Å². The van der Waals surface area contributed by atoms with E-state index in [1.165, 1.54) is 17.8 Å². The van der Waals surface area contributed by atoms with E-state index < -0.39 is 11.9 Å². The maximum absolute atomic E-state index is 12.7. The predicted molar refractivity (Wildman–Crippen MR) is 82.9 cm³/mol. The van der Waals surface area contributed by atoms with Crippen molar-refractivity contribution in [1.82, 2.24) is 19.5 Å². The van der Waals surface area contributed by atoms with Crippen LogP contribution in [-0.4, -0.2) is 19.5 Å². The molecule has 2 N–H and O–H groups in total. The first-order chi connectivity index (χ1) is 11.3. The third-order valence-electron chi connectivity index (χ3n) is 3.56. The largest absolute Gasteiger partial charge is 0.434 e. The summed E-state index contributed by atoms with van der Waals surface area (Å²) in [6, 6.07) is 7.07. The van der Waals surface area contributed by atoms with Gasteiger partial charge in [0.05, 0.1) is 5.69 Å². The standard InChI is InChI=1S/C16H14F3N5/c1-24-9-13(16(17,18)19)23-15(24)11-4-2-10(3-5-11)8-12-14(20)22-7-6-21-12/h2-7,9H,8H2,1H3,(H2,20,22). The summed E-state index contributed by atoms with van der Waals surface area (Å²) in [5.41, 5.74) is 7.04. The quantitative estimate of drug-likeness (QED) is 0.800. The SMILES string of the molecule is Cn1cc(C(F)(F)F)nc1-c1ccc(Cc2nccnc2N)cc1. The van der Waals surface area contributed by atoms with Gasteiger partial charge in [0.15, 0.2) is 5.69 Å². The Bertz CT molecular complexity index is 853. The molecule has 3 rings (SSSR count). The highest BCUT2D eigenvalue weighted by molar-refractivity contribution is 5.57. The molecule has 3 aromatic rings. The Hall–Kier alpha value is -2.90. The van der Waals surface area contributed by atoms with Crippen molar-refractivity contribution in [1.29, 1.82) is 0 Å². The molecule has 0 fully saturated rings. The fourth-order valence-electron chi connectivity index (χ4n) is 2.35. The van der Waals surface area contributed by atoms with Crippen LogP contribution >= 0.6 is 0 Å². The second kappa shape index (κ2) is 5.95. The monoisotopic (exact) mass is 333 g/mol. The molecule has 0 saturated carbocycles. The molecular weight excluding hydrogens is 319 g/mol. The summed E-state index contributed by atoms with van der Waals surface area (Å²) in [7, 11) is 1.53. The molecule has 24 heavy (non-hydrogen) atoms. The Kier molecular flexibility index (Phi) is 3.96. The fraction of sp³-hybridized carbons (Fsp3) is 0.188. The highest BCUT2D eigenvalue weighted by atomic mass is 19.4. The molecule has 0 aliphatic heterocycles. The van der Waals surface area contributed by atoms with E-state index in [9.17, 15) is 13.2 Å². The van der Waals surface area contributed by atoms with E-state index >= 15 is 0 Å². The van der Waals surface area contributed by atoms with Crippen LogP contribution in [0.1, 0.15) is 17.0 Å². The highest BCUT2D eigenvalue weighted by Gasteiger charge is 2.34. The number of nitrogen functional groups attached to an aromatic ring is 1. The van der Waals surface area contributed by atoms with Crippen molar-refractivity contribution >= 4 is 5.82 Å². The lowest BCUT2D eigenvalue weighted by molar-refractivity contribution is -0.140. The minimum absolute atomic E-state index is 0.257. The van der Waals surface area contributed by atoms with E-state index in [0.29, 0.717) is 23.5 Å². The van der Waals surface area contributed by atoms with Gasteiger partial charge in [-0.1, -0.05) is 24.3 Å². The first-order valence-corrected chi connectivity index (χ1v) is 7.10. The molecule has 2 aromatic heterocycles. The van der Waals surface area contributed by atoms with Gasteiger partial charge < -0.3 is 10.3 Å². The van der Waals surface area contributed by atoms with Gasteiger partial charge in [-0.15, -0.1) is 0 Å². The Labute approximate surface area is 136 Å². The fourth-order valence-corrected chi connectivity index (χ4v) is 2.35. The molecule has 0 unspecified atom stereocenters. The second-order valence-electron chi connectivity index (χ2n) is 5.32. The van der Waals surface area contributed by atoms with E-state index in [2.05, 4.69) is 15.0 Å². The Morgan fingerprint density at radius 1 is 1.08 bits per heavy atom. The van der Waals surface area contributed by atoms with Gasteiger partial charge in [0, 0.05) is 37.6 Å². The second-order valence-corrected chi connectivity index (χ2v) is 5.32. The van der Waals surface area contributed by atoms with Crippen molar-refractivity contribution in [3.8, 4) is 11.4 Å². The van der Waals surface area contributed by atoms with Gasteiger partial charge in [0.25, 0.3) is 0 Å². The lowest BCUT2D eigenvalue weighted by Crippen LogP contribution is -2.04. The number of aromatic nitrogens is 4. The number of benzene rings is 1. The van der Waals surface area contributed by atoms with Crippen LogP contribution in [0.15, 0.2) is 42.9 Å². The summed E-state index contributed by atoms with van der Waals surface area (Å²) in [6.07, 6.45) is 0.0884. The summed E-state index contributed by atoms with van der Waals surface area (Å²) in [5.74, 6) is 0.619. The maximum atomic E-state index is 12.7. The molecule has 0 aliphatic rings. The number of halogens is 3. The number of imidazole rings is 1. The van der Waals surface area contributed by atoms with Crippen molar-refractivity contribution in [3.63, 3.8) is 0 Å². The predicted octanol–water partition coefficient (Wildman–Crippen LogP) is 3.07. The number of nitrogens with zero attached hydrogens (tertiary/aromatic N) is 4. The number of hydrogen-bond acceptors (Lipinski definition) is 4. The third kappa shape index (κ3) is 3.22. The summed E-state index contributed by atoms with van der Waals surface area (Å²) in [5, 5.41) is 0. The van der Waals surface area contributed by atoms with Crippen LogP contribution in [0.3, 0.4) is 0 Å². The van der Waals surface area contributed by atoms with Crippen LogP contribution < -0.4 is 5.73 Å². The lowest BCUT2D eigenvalue weighted by Gasteiger charge is -2.06. The van der Waals surface area contributed by atoms with Gasteiger partial charge >= 0.3 is 6.18 Å². The van der Waals surface area contributed by atoms with Gasteiger partial charge in [0.1, 0.15) is 11.6 Å². The smallest absolute Gasteiger partial charge is 0.382 e.